The summed E-state index contributed by atoms with van der Waals surface area (Å²) in [5, 5.41) is 3.08. The highest BCUT2D eigenvalue weighted by atomic mass is 79.9. The standard InChI is InChI=1S/C30H29BrN2O4S/c1-3-37-26-17-15-25(16-18-26)33(38(35,36)27-19-13-24(31)14-20-27)21-29(34)32-30(23-10-5-4-6-11-23)28-12-8-7-9-22(28)2/h4-20,30H,3,21H2,1-2H3,(H,32,34). The Bertz CT molecular complexity index is 1480. The van der Waals surface area contributed by atoms with Gasteiger partial charge >= 0.3 is 0 Å². The molecule has 196 valence electrons. The van der Waals surface area contributed by atoms with E-state index >= 15 is 0 Å². The van der Waals surface area contributed by atoms with Gasteiger partial charge in [-0.25, -0.2) is 8.42 Å². The molecular formula is C30H29BrN2O4S. The second kappa shape index (κ2) is 12.3. The number of carbonyl (C=O) groups is 1. The van der Waals surface area contributed by atoms with Crippen LogP contribution in [0.15, 0.2) is 112 Å². The minimum Gasteiger partial charge on any atom is -0.494 e. The first kappa shape index (κ1) is 27.4. The SMILES string of the molecule is CCOc1ccc(N(CC(=O)NC(c2ccccc2)c2ccccc2C)S(=O)(=O)c2ccc(Br)cc2)cc1. The molecule has 0 saturated heterocycles. The summed E-state index contributed by atoms with van der Waals surface area (Å²) in [6.07, 6.45) is 0. The van der Waals surface area contributed by atoms with Crippen LogP contribution in [0.25, 0.3) is 0 Å². The fourth-order valence-electron chi connectivity index (χ4n) is 4.16. The van der Waals surface area contributed by atoms with Gasteiger partial charge in [-0.05, 0) is 79.1 Å². The van der Waals surface area contributed by atoms with E-state index < -0.39 is 28.5 Å². The van der Waals surface area contributed by atoms with Crippen molar-refractivity contribution in [2.75, 3.05) is 17.5 Å². The first-order valence-electron chi connectivity index (χ1n) is 12.2. The topological polar surface area (TPSA) is 75.7 Å². The number of hydrogen-bond acceptors (Lipinski definition) is 4. The van der Waals surface area contributed by atoms with Crippen LogP contribution >= 0.6 is 15.9 Å². The Morgan fingerprint density at radius 2 is 1.53 bits per heavy atom. The van der Waals surface area contributed by atoms with Crippen LogP contribution in [0.3, 0.4) is 0 Å². The van der Waals surface area contributed by atoms with E-state index in [1.807, 2.05) is 68.4 Å². The quantitative estimate of drug-likeness (QED) is 0.236. The maximum absolute atomic E-state index is 13.8. The third kappa shape index (κ3) is 6.44. The first-order chi connectivity index (χ1) is 18.3. The second-order valence-electron chi connectivity index (χ2n) is 8.66. The molecule has 1 atom stereocenters. The van der Waals surface area contributed by atoms with Gasteiger partial charge in [-0.15, -0.1) is 0 Å². The predicted octanol–water partition coefficient (Wildman–Crippen LogP) is 6.26. The van der Waals surface area contributed by atoms with Gasteiger partial charge in [-0.2, -0.15) is 0 Å². The number of nitrogens with one attached hydrogen (secondary N) is 1. The van der Waals surface area contributed by atoms with E-state index in [1.54, 1.807) is 36.4 Å². The molecule has 0 saturated carbocycles. The molecule has 6 nitrogen and oxygen atoms in total. The van der Waals surface area contributed by atoms with Crippen molar-refractivity contribution in [1.29, 1.82) is 0 Å². The maximum Gasteiger partial charge on any atom is 0.264 e. The molecule has 4 aromatic carbocycles. The van der Waals surface area contributed by atoms with E-state index in [-0.39, 0.29) is 4.90 Å². The lowest BCUT2D eigenvalue weighted by Crippen LogP contribution is -2.42. The number of rotatable bonds is 10. The van der Waals surface area contributed by atoms with Crippen molar-refractivity contribution in [2.24, 2.45) is 0 Å². The van der Waals surface area contributed by atoms with Crippen molar-refractivity contribution >= 4 is 37.5 Å². The van der Waals surface area contributed by atoms with E-state index in [4.69, 9.17) is 4.74 Å². The molecule has 0 spiro atoms. The molecule has 38 heavy (non-hydrogen) atoms. The molecular weight excluding hydrogens is 564 g/mol. The molecule has 0 aliphatic rings. The number of hydrogen-bond donors (Lipinski definition) is 1. The minimum absolute atomic E-state index is 0.0842. The van der Waals surface area contributed by atoms with Crippen molar-refractivity contribution < 1.29 is 17.9 Å². The van der Waals surface area contributed by atoms with Gasteiger partial charge < -0.3 is 10.1 Å². The molecule has 1 N–H and O–H groups in total. The van der Waals surface area contributed by atoms with Crippen LogP contribution in [0, 0.1) is 6.92 Å². The van der Waals surface area contributed by atoms with Gasteiger partial charge in [-0.1, -0.05) is 70.5 Å². The highest BCUT2D eigenvalue weighted by Gasteiger charge is 2.29. The molecule has 1 unspecified atom stereocenters. The Morgan fingerprint density at radius 1 is 0.895 bits per heavy atom. The predicted molar refractivity (Wildman–Crippen MR) is 154 cm³/mol. The molecule has 4 rings (SSSR count). The number of ether oxygens (including phenoxy) is 1. The lowest BCUT2D eigenvalue weighted by Gasteiger charge is -2.27. The summed E-state index contributed by atoms with van der Waals surface area (Å²) in [4.78, 5) is 13.6. The molecule has 0 heterocycles. The Labute approximate surface area is 232 Å². The largest absolute Gasteiger partial charge is 0.494 e. The fourth-order valence-corrected chi connectivity index (χ4v) is 5.84. The Kier molecular flexibility index (Phi) is 8.86. The van der Waals surface area contributed by atoms with E-state index in [0.29, 0.717) is 18.0 Å². The van der Waals surface area contributed by atoms with Gasteiger partial charge in [0, 0.05) is 4.47 Å². The summed E-state index contributed by atoms with van der Waals surface area (Å²) in [7, 11) is -4.05. The van der Waals surface area contributed by atoms with Crippen LogP contribution in [-0.2, 0) is 14.8 Å². The molecule has 0 aliphatic heterocycles. The molecule has 4 aromatic rings. The van der Waals surface area contributed by atoms with Gasteiger partial charge in [0.05, 0.1) is 23.2 Å². The van der Waals surface area contributed by atoms with Crippen LogP contribution in [0.4, 0.5) is 5.69 Å². The lowest BCUT2D eigenvalue weighted by atomic mass is 9.95. The Morgan fingerprint density at radius 3 is 2.16 bits per heavy atom. The van der Waals surface area contributed by atoms with Crippen molar-refractivity contribution in [3.63, 3.8) is 0 Å². The zero-order valence-corrected chi connectivity index (χ0v) is 23.6. The van der Waals surface area contributed by atoms with Crippen LogP contribution in [-0.4, -0.2) is 27.5 Å². The Balaban J connectivity index is 1.69. The van der Waals surface area contributed by atoms with Gasteiger partial charge in [0.2, 0.25) is 5.91 Å². The highest BCUT2D eigenvalue weighted by Crippen LogP contribution is 2.28. The van der Waals surface area contributed by atoms with E-state index in [1.165, 1.54) is 12.1 Å². The molecule has 0 fully saturated rings. The molecule has 1 amide bonds. The first-order valence-corrected chi connectivity index (χ1v) is 14.4. The van der Waals surface area contributed by atoms with E-state index in [9.17, 15) is 13.2 Å². The lowest BCUT2D eigenvalue weighted by molar-refractivity contribution is -0.120. The normalized spacial score (nSPS) is 12.0. The van der Waals surface area contributed by atoms with Gasteiger partial charge in [0.1, 0.15) is 12.3 Å². The molecule has 0 radical (unpaired) electrons. The maximum atomic E-state index is 13.8. The molecule has 0 bridgehead atoms. The number of anilines is 1. The van der Waals surface area contributed by atoms with Crippen LogP contribution in [0.2, 0.25) is 0 Å². The number of halogens is 1. The summed E-state index contributed by atoms with van der Waals surface area (Å²) in [6.45, 7) is 3.95. The second-order valence-corrected chi connectivity index (χ2v) is 11.4. The van der Waals surface area contributed by atoms with Crippen LogP contribution in [0.5, 0.6) is 5.75 Å². The van der Waals surface area contributed by atoms with Crippen LogP contribution < -0.4 is 14.4 Å². The number of benzene rings is 4. The van der Waals surface area contributed by atoms with Crippen molar-refractivity contribution in [3.05, 3.63) is 124 Å². The van der Waals surface area contributed by atoms with E-state index in [2.05, 4.69) is 21.2 Å². The average molecular weight is 594 g/mol. The summed E-state index contributed by atoms with van der Waals surface area (Å²) in [6, 6.07) is 30.0. The number of sulfonamides is 1. The summed E-state index contributed by atoms with van der Waals surface area (Å²) in [5.41, 5.74) is 3.22. The minimum atomic E-state index is -4.05. The average Bonchev–Trinajstić information content (AvgIpc) is 2.92. The summed E-state index contributed by atoms with van der Waals surface area (Å²) < 4.78 is 34.9. The van der Waals surface area contributed by atoms with Crippen LogP contribution in [0.1, 0.15) is 29.7 Å². The summed E-state index contributed by atoms with van der Waals surface area (Å²) in [5.74, 6) is 0.182. The fraction of sp³-hybridized carbons (Fsp3) is 0.167. The number of carbonyl (C=O) groups excluding carboxylic acids is 1. The summed E-state index contributed by atoms with van der Waals surface area (Å²) >= 11 is 3.35. The van der Waals surface area contributed by atoms with E-state index in [0.717, 1.165) is 25.5 Å². The Hall–Kier alpha value is -3.62. The van der Waals surface area contributed by atoms with Gasteiger partial charge in [-0.3, -0.25) is 9.10 Å². The number of aryl methyl sites for hydroxylation is 1. The third-order valence-electron chi connectivity index (χ3n) is 6.06. The monoisotopic (exact) mass is 592 g/mol. The van der Waals surface area contributed by atoms with Crippen molar-refractivity contribution in [1.82, 2.24) is 5.32 Å². The van der Waals surface area contributed by atoms with Gasteiger partial charge in [0.25, 0.3) is 10.0 Å². The smallest absolute Gasteiger partial charge is 0.264 e. The van der Waals surface area contributed by atoms with Crippen molar-refractivity contribution in [2.45, 2.75) is 24.8 Å². The highest BCUT2D eigenvalue weighted by molar-refractivity contribution is 9.10. The number of nitrogens with zero attached hydrogens (tertiary/aromatic N) is 1. The van der Waals surface area contributed by atoms with Crippen molar-refractivity contribution in [3.8, 4) is 5.75 Å². The molecule has 8 heteroatoms. The third-order valence-corrected chi connectivity index (χ3v) is 8.38. The molecule has 0 aliphatic carbocycles. The number of amides is 1. The van der Waals surface area contributed by atoms with Gasteiger partial charge in [0.15, 0.2) is 0 Å². The molecule has 0 aromatic heterocycles. The zero-order valence-electron chi connectivity index (χ0n) is 21.2. The zero-order chi connectivity index (χ0) is 27.1.